The van der Waals surface area contributed by atoms with E-state index in [0.29, 0.717) is 0 Å². The lowest BCUT2D eigenvalue weighted by Gasteiger charge is -2.27. The standard InChI is InChI=1S/C26H31N3O8/c1-15(30)17-12-18(27-23(33)37-25(2,3)4)21(31)29-19(22(32)35-6)13-26(5,20(17)29)28-24(34)36-14-16-10-8-7-9-11-16/h7-12,19H,13-14H2,1-6H3,(H,27,33)(H,28,34)/t19-,26+/m0/s1. The van der Waals surface area contributed by atoms with Gasteiger partial charge in [0.25, 0.3) is 5.56 Å². The minimum atomic E-state index is -1.35. The Morgan fingerprint density at radius 1 is 1.11 bits per heavy atom. The molecule has 37 heavy (non-hydrogen) atoms. The fourth-order valence-electron chi connectivity index (χ4n) is 4.26. The number of hydrogen-bond donors (Lipinski definition) is 2. The molecule has 11 heteroatoms. The predicted octanol–water partition coefficient (Wildman–Crippen LogP) is 3.66. The van der Waals surface area contributed by atoms with Crippen LogP contribution in [-0.4, -0.2) is 41.2 Å². The van der Waals surface area contributed by atoms with Crippen molar-refractivity contribution < 1.29 is 33.4 Å². The van der Waals surface area contributed by atoms with Crippen LogP contribution in [0.3, 0.4) is 0 Å². The molecule has 3 rings (SSSR count). The van der Waals surface area contributed by atoms with Crippen LogP contribution in [-0.2, 0) is 31.2 Å². The second-order valence-corrected chi connectivity index (χ2v) is 9.94. The van der Waals surface area contributed by atoms with Crippen molar-refractivity contribution in [3.8, 4) is 0 Å². The highest BCUT2D eigenvalue weighted by atomic mass is 16.6. The molecule has 2 atom stereocenters. The summed E-state index contributed by atoms with van der Waals surface area (Å²) in [5, 5.41) is 5.08. The molecule has 0 fully saturated rings. The summed E-state index contributed by atoms with van der Waals surface area (Å²) < 4.78 is 16.5. The lowest BCUT2D eigenvalue weighted by atomic mass is 9.90. The third-order valence-corrected chi connectivity index (χ3v) is 5.75. The molecule has 1 aromatic heterocycles. The number of anilines is 1. The molecule has 0 radical (unpaired) electrons. The topological polar surface area (TPSA) is 142 Å². The van der Waals surface area contributed by atoms with E-state index in [9.17, 15) is 24.0 Å². The number of pyridine rings is 1. The van der Waals surface area contributed by atoms with Gasteiger partial charge in [0, 0.05) is 12.0 Å². The Morgan fingerprint density at radius 3 is 2.32 bits per heavy atom. The first-order chi connectivity index (χ1) is 17.3. The highest BCUT2D eigenvalue weighted by Gasteiger charge is 2.48. The molecule has 0 bridgehead atoms. The zero-order valence-electron chi connectivity index (χ0n) is 21.7. The maximum atomic E-state index is 13.5. The van der Waals surface area contributed by atoms with Crippen molar-refractivity contribution in [2.24, 2.45) is 0 Å². The molecule has 11 nitrogen and oxygen atoms in total. The van der Waals surface area contributed by atoms with Gasteiger partial charge in [-0.3, -0.25) is 19.5 Å². The summed E-state index contributed by atoms with van der Waals surface area (Å²) in [4.78, 5) is 64.0. The molecular weight excluding hydrogens is 482 g/mol. The number of Topliss-reactive ketones (excluding diaryl/α,β-unsaturated/α-hetero) is 1. The number of nitrogens with one attached hydrogen (secondary N) is 2. The number of fused-ring (bicyclic) bond motifs is 1. The quantitative estimate of drug-likeness (QED) is 0.339. The highest BCUT2D eigenvalue weighted by molar-refractivity contribution is 5.98. The van der Waals surface area contributed by atoms with Crippen LogP contribution in [0.15, 0.2) is 41.2 Å². The summed E-state index contributed by atoms with van der Waals surface area (Å²) in [5.41, 5.74) is -2.30. The monoisotopic (exact) mass is 513 g/mol. The van der Waals surface area contributed by atoms with Crippen LogP contribution in [0, 0.1) is 0 Å². The molecule has 2 amide bonds. The minimum Gasteiger partial charge on any atom is -0.467 e. The lowest BCUT2D eigenvalue weighted by molar-refractivity contribution is -0.144. The first kappa shape index (κ1) is 27.4. The van der Waals surface area contributed by atoms with E-state index < -0.39 is 46.7 Å². The second-order valence-electron chi connectivity index (χ2n) is 9.94. The van der Waals surface area contributed by atoms with Gasteiger partial charge in [0.15, 0.2) is 5.78 Å². The third kappa shape index (κ3) is 6.16. The van der Waals surface area contributed by atoms with Gasteiger partial charge in [-0.2, -0.15) is 0 Å². The summed E-state index contributed by atoms with van der Waals surface area (Å²) in [5.74, 6) is -1.21. The van der Waals surface area contributed by atoms with E-state index in [1.807, 2.05) is 6.07 Å². The van der Waals surface area contributed by atoms with Gasteiger partial charge >= 0.3 is 18.2 Å². The molecular formula is C26H31N3O8. The smallest absolute Gasteiger partial charge is 0.412 e. The van der Waals surface area contributed by atoms with Crippen LogP contribution in [0.4, 0.5) is 15.3 Å². The Bertz CT molecular complexity index is 1280. The Kier molecular flexibility index (Phi) is 7.75. The molecule has 0 saturated carbocycles. The normalized spacial score (nSPS) is 18.4. The van der Waals surface area contributed by atoms with Gasteiger partial charge in [0.05, 0.1) is 18.3 Å². The molecule has 0 spiro atoms. The fourth-order valence-corrected chi connectivity index (χ4v) is 4.26. The number of ether oxygens (including phenoxy) is 3. The van der Waals surface area contributed by atoms with Crippen LogP contribution < -0.4 is 16.2 Å². The molecule has 2 aromatic rings. The van der Waals surface area contributed by atoms with Gasteiger partial charge in [0.1, 0.15) is 23.9 Å². The van der Waals surface area contributed by atoms with Crippen LogP contribution in [0.2, 0.25) is 0 Å². The number of aromatic nitrogens is 1. The van der Waals surface area contributed by atoms with Gasteiger partial charge < -0.3 is 19.5 Å². The van der Waals surface area contributed by atoms with Crippen molar-refractivity contribution in [1.29, 1.82) is 0 Å². The summed E-state index contributed by atoms with van der Waals surface area (Å²) in [7, 11) is 1.17. The third-order valence-electron chi connectivity index (χ3n) is 5.75. The second kappa shape index (κ2) is 10.5. The Morgan fingerprint density at radius 2 is 1.76 bits per heavy atom. The summed E-state index contributed by atoms with van der Waals surface area (Å²) >= 11 is 0. The molecule has 2 N–H and O–H groups in total. The summed E-state index contributed by atoms with van der Waals surface area (Å²) in [6, 6.07) is 9.07. The van der Waals surface area contributed by atoms with Crippen LogP contribution in [0.25, 0.3) is 0 Å². The fraction of sp³-hybridized carbons (Fsp3) is 0.423. The molecule has 0 unspecified atom stereocenters. The van der Waals surface area contributed by atoms with E-state index in [2.05, 4.69) is 10.6 Å². The first-order valence-corrected chi connectivity index (χ1v) is 11.6. The van der Waals surface area contributed by atoms with E-state index >= 15 is 0 Å². The van der Waals surface area contributed by atoms with Gasteiger partial charge in [-0.25, -0.2) is 14.4 Å². The molecule has 0 saturated heterocycles. The van der Waals surface area contributed by atoms with E-state index in [1.54, 1.807) is 52.0 Å². The number of benzene rings is 1. The predicted molar refractivity (Wildman–Crippen MR) is 133 cm³/mol. The SMILES string of the molecule is COC(=O)[C@@H]1C[C@@](C)(NC(=O)OCc2ccccc2)c2c(C(C)=O)cc(NC(=O)OC(C)(C)C)c(=O)n21. The van der Waals surface area contributed by atoms with Gasteiger partial charge in [0.2, 0.25) is 0 Å². The maximum absolute atomic E-state index is 13.5. The number of alkyl carbamates (subject to hydrolysis) is 1. The average Bonchev–Trinajstić information content (AvgIpc) is 3.11. The van der Waals surface area contributed by atoms with Gasteiger partial charge in [-0.15, -0.1) is 0 Å². The Hall–Kier alpha value is -4.15. The minimum absolute atomic E-state index is 0.00565. The van der Waals surface area contributed by atoms with Crippen molar-refractivity contribution in [2.75, 3.05) is 12.4 Å². The summed E-state index contributed by atoms with van der Waals surface area (Å²) in [6.07, 6.45) is -1.80. The number of carbonyl (C=O) groups excluding carboxylic acids is 4. The van der Waals surface area contributed by atoms with E-state index in [-0.39, 0.29) is 30.0 Å². The van der Waals surface area contributed by atoms with Crippen molar-refractivity contribution in [3.05, 3.63) is 63.6 Å². The number of ketones is 1. The zero-order chi connectivity index (χ0) is 27.5. The number of methoxy groups -OCH3 is 1. The van der Waals surface area contributed by atoms with E-state index in [1.165, 1.54) is 20.1 Å². The summed E-state index contributed by atoms with van der Waals surface area (Å²) in [6.45, 7) is 7.82. The number of hydrogen-bond acceptors (Lipinski definition) is 8. The number of carbonyl (C=O) groups is 4. The van der Waals surface area contributed by atoms with Gasteiger partial charge in [-0.05, 0) is 46.2 Å². The van der Waals surface area contributed by atoms with Gasteiger partial charge in [-0.1, -0.05) is 30.3 Å². The Balaban J connectivity index is 2.03. The number of amides is 2. The molecule has 1 aliphatic rings. The van der Waals surface area contributed by atoms with Crippen LogP contribution in [0.1, 0.15) is 68.7 Å². The molecule has 0 aliphatic carbocycles. The number of rotatable bonds is 6. The van der Waals surface area contributed by atoms with Crippen molar-refractivity contribution in [3.63, 3.8) is 0 Å². The van der Waals surface area contributed by atoms with Crippen molar-refractivity contribution in [1.82, 2.24) is 9.88 Å². The van der Waals surface area contributed by atoms with Crippen molar-refractivity contribution >= 4 is 29.6 Å². The van der Waals surface area contributed by atoms with Crippen LogP contribution in [0.5, 0.6) is 0 Å². The lowest BCUT2D eigenvalue weighted by Crippen LogP contribution is -2.44. The Labute approximate surface area is 214 Å². The van der Waals surface area contributed by atoms with Crippen molar-refractivity contribution in [2.45, 2.75) is 64.8 Å². The number of nitrogens with zero attached hydrogens (tertiary/aromatic N) is 1. The largest absolute Gasteiger partial charge is 0.467 e. The average molecular weight is 514 g/mol. The zero-order valence-corrected chi connectivity index (χ0v) is 21.7. The van der Waals surface area contributed by atoms with E-state index in [0.717, 1.165) is 10.1 Å². The number of esters is 1. The molecule has 2 heterocycles. The molecule has 1 aromatic carbocycles. The van der Waals surface area contributed by atoms with E-state index in [4.69, 9.17) is 14.2 Å². The molecule has 198 valence electrons. The van der Waals surface area contributed by atoms with Crippen LogP contribution >= 0.6 is 0 Å². The highest BCUT2D eigenvalue weighted by Crippen LogP contribution is 2.41. The molecule has 1 aliphatic heterocycles. The first-order valence-electron chi connectivity index (χ1n) is 11.6. The maximum Gasteiger partial charge on any atom is 0.412 e.